The van der Waals surface area contributed by atoms with E-state index in [9.17, 15) is 13.2 Å². The zero-order chi connectivity index (χ0) is 14.6. The van der Waals surface area contributed by atoms with Gasteiger partial charge in [-0.1, -0.05) is 11.6 Å². The first-order valence-corrected chi connectivity index (χ1v) is 7.83. The highest BCUT2D eigenvalue weighted by Gasteiger charge is 2.26. The summed E-state index contributed by atoms with van der Waals surface area (Å²) in [5, 5.41) is -0.154. The summed E-state index contributed by atoms with van der Waals surface area (Å²) < 4.78 is 30.5. The lowest BCUT2D eigenvalue weighted by atomic mass is 10.5. The van der Waals surface area contributed by atoms with Gasteiger partial charge in [-0.2, -0.15) is 4.31 Å². The van der Waals surface area contributed by atoms with E-state index in [0.29, 0.717) is 4.47 Å². The summed E-state index contributed by atoms with van der Waals surface area (Å²) in [5.74, 6) is -0.632. The van der Waals surface area contributed by atoms with Gasteiger partial charge in [0.2, 0.25) is 10.0 Å². The maximum absolute atomic E-state index is 12.2. The van der Waals surface area contributed by atoms with Crippen LogP contribution in [0.2, 0.25) is 5.15 Å². The number of esters is 1. The van der Waals surface area contributed by atoms with Gasteiger partial charge in [-0.05, 0) is 28.9 Å². The first-order valence-electron chi connectivity index (χ1n) is 5.22. The maximum Gasteiger partial charge on any atom is 0.321 e. The molecule has 1 aromatic heterocycles. The van der Waals surface area contributed by atoms with Crippen molar-refractivity contribution in [3.05, 3.63) is 21.9 Å². The van der Waals surface area contributed by atoms with Gasteiger partial charge in [0.15, 0.2) is 0 Å². The molecule has 0 saturated heterocycles. The van der Waals surface area contributed by atoms with Crippen molar-refractivity contribution in [1.29, 1.82) is 0 Å². The molecular weight excluding hydrogens is 360 g/mol. The number of nitrogens with zero attached hydrogens (tertiary/aromatic N) is 2. The third-order valence-electron chi connectivity index (χ3n) is 2.12. The number of halogens is 2. The van der Waals surface area contributed by atoms with E-state index in [4.69, 9.17) is 16.3 Å². The Morgan fingerprint density at radius 3 is 2.79 bits per heavy atom. The van der Waals surface area contributed by atoms with Crippen LogP contribution in [0.15, 0.2) is 21.6 Å². The monoisotopic (exact) mass is 370 g/mol. The number of hydrogen-bond donors (Lipinski definition) is 0. The van der Waals surface area contributed by atoms with Crippen molar-refractivity contribution in [2.75, 3.05) is 20.2 Å². The Kier molecular flexibility index (Phi) is 5.72. The van der Waals surface area contributed by atoms with Crippen molar-refractivity contribution >= 4 is 43.5 Å². The summed E-state index contributed by atoms with van der Waals surface area (Å²) in [6.45, 7) is 1.44. The number of carbonyl (C=O) groups is 1. The van der Waals surface area contributed by atoms with Crippen LogP contribution >= 0.6 is 27.5 Å². The fourth-order valence-electron chi connectivity index (χ4n) is 1.23. The second-order valence-corrected chi connectivity index (χ2v) is 6.80. The summed E-state index contributed by atoms with van der Waals surface area (Å²) in [6, 6.07) is 1.33. The number of likely N-dealkylation sites (N-methyl/N-ethyl adjacent to an activating group) is 1. The zero-order valence-electron chi connectivity index (χ0n) is 10.3. The summed E-state index contributed by atoms with van der Waals surface area (Å²) in [6.07, 6.45) is 1.38. The molecule has 1 rings (SSSR count). The van der Waals surface area contributed by atoms with Crippen LogP contribution in [-0.2, 0) is 19.6 Å². The first-order chi connectivity index (χ1) is 8.78. The van der Waals surface area contributed by atoms with Crippen molar-refractivity contribution in [2.45, 2.75) is 11.8 Å². The lowest BCUT2D eigenvalue weighted by molar-refractivity contribution is -0.143. The van der Waals surface area contributed by atoms with Crippen molar-refractivity contribution in [3.8, 4) is 0 Å². The fourth-order valence-corrected chi connectivity index (χ4v) is 3.26. The molecule has 19 heavy (non-hydrogen) atoms. The first kappa shape index (κ1) is 16.4. The van der Waals surface area contributed by atoms with E-state index in [2.05, 4.69) is 20.9 Å². The van der Waals surface area contributed by atoms with Gasteiger partial charge in [-0.15, -0.1) is 0 Å². The highest BCUT2D eigenvalue weighted by molar-refractivity contribution is 9.10. The van der Waals surface area contributed by atoms with Crippen LogP contribution in [0.3, 0.4) is 0 Å². The molecule has 1 aromatic rings. The van der Waals surface area contributed by atoms with Crippen LogP contribution in [0.25, 0.3) is 0 Å². The molecule has 0 aliphatic heterocycles. The summed E-state index contributed by atoms with van der Waals surface area (Å²) >= 11 is 8.89. The Hall–Kier alpha value is -0.700. The minimum absolute atomic E-state index is 0.154. The molecule has 0 atom stereocenters. The molecule has 0 aliphatic carbocycles. The highest BCUT2D eigenvalue weighted by Crippen LogP contribution is 2.25. The highest BCUT2D eigenvalue weighted by atomic mass is 79.9. The molecule has 0 amide bonds. The number of hydrogen-bond acceptors (Lipinski definition) is 5. The van der Waals surface area contributed by atoms with Gasteiger partial charge in [-0.3, -0.25) is 4.79 Å². The Balaban J connectivity index is 3.03. The second kappa shape index (κ2) is 6.65. The molecule has 0 unspecified atom stereocenters. The summed E-state index contributed by atoms with van der Waals surface area (Å²) in [5.41, 5.74) is 0. The molecule has 0 N–H and O–H groups in total. The molecule has 0 aromatic carbocycles. The van der Waals surface area contributed by atoms with E-state index in [1.54, 1.807) is 6.92 Å². The SMILES string of the molecule is CCOC(=O)CN(C)S(=O)(=O)c1cc(Br)cnc1Cl. The summed E-state index contributed by atoms with van der Waals surface area (Å²) in [7, 11) is -2.63. The van der Waals surface area contributed by atoms with E-state index >= 15 is 0 Å². The van der Waals surface area contributed by atoms with Gasteiger partial charge >= 0.3 is 5.97 Å². The third-order valence-corrected chi connectivity index (χ3v) is 4.78. The van der Waals surface area contributed by atoms with Crippen LogP contribution in [0.1, 0.15) is 6.92 Å². The zero-order valence-corrected chi connectivity index (χ0v) is 13.4. The van der Waals surface area contributed by atoms with Gasteiger partial charge in [0.05, 0.1) is 6.61 Å². The van der Waals surface area contributed by atoms with Crippen molar-refractivity contribution in [3.63, 3.8) is 0 Å². The molecule has 0 bridgehead atoms. The standard InChI is InChI=1S/C10H12BrClN2O4S/c1-3-18-9(15)6-14(2)19(16,17)8-4-7(11)5-13-10(8)12/h4-5H,3,6H2,1-2H3. The quantitative estimate of drug-likeness (QED) is 0.581. The summed E-state index contributed by atoms with van der Waals surface area (Å²) in [4.78, 5) is 14.9. The van der Waals surface area contributed by atoms with Crippen molar-refractivity contribution in [2.24, 2.45) is 0 Å². The molecule has 0 aliphatic rings. The van der Waals surface area contributed by atoms with Gasteiger partial charge in [0.25, 0.3) is 0 Å². The lowest BCUT2D eigenvalue weighted by Gasteiger charge is -2.16. The van der Waals surface area contributed by atoms with Gasteiger partial charge < -0.3 is 4.74 Å². The number of pyridine rings is 1. The topological polar surface area (TPSA) is 76.6 Å². The minimum Gasteiger partial charge on any atom is -0.465 e. The van der Waals surface area contributed by atoms with Crippen LogP contribution in [-0.4, -0.2) is 43.9 Å². The van der Waals surface area contributed by atoms with E-state index in [1.807, 2.05) is 0 Å². The molecule has 0 fully saturated rings. The average molecular weight is 372 g/mol. The predicted octanol–water partition coefficient (Wildman–Crippen LogP) is 1.68. The predicted molar refractivity (Wildman–Crippen MR) is 73.4 cm³/mol. The molecule has 9 heteroatoms. The molecule has 106 valence electrons. The fraction of sp³-hybridized carbons (Fsp3) is 0.400. The van der Waals surface area contributed by atoms with Gasteiger partial charge in [-0.25, -0.2) is 13.4 Å². The molecule has 0 radical (unpaired) electrons. The lowest BCUT2D eigenvalue weighted by Crippen LogP contribution is -2.33. The number of aromatic nitrogens is 1. The smallest absolute Gasteiger partial charge is 0.321 e. The van der Waals surface area contributed by atoms with E-state index < -0.39 is 16.0 Å². The van der Waals surface area contributed by atoms with Gasteiger partial charge in [0.1, 0.15) is 16.6 Å². The van der Waals surface area contributed by atoms with Crippen LogP contribution < -0.4 is 0 Å². The maximum atomic E-state index is 12.2. The van der Waals surface area contributed by atoms with E-state index in [0.717, 1.165) is 4.31 Å². The van der Waals surface area contributed by atoms with Crippen LogP contribution in [0.5, 0.6) is 0 Å². The largest absolute Gasteiger partial charge is 0.465 e. The molecule has 1 heterocycles. The van der Waals surface area contributed by atoms with Crippen molar-refractivity contribution < 1.29 is 17.9 Å². The normalized spacial score (nSPS) is 11.6. The van der Waals surface area contributed by atoms with Crippen molar-refractivity contribution in [1.82, 2.24) is 9.29 Å². The minimum atomic E-state index is -3.90. The van der Waals surface area contributed by atoms with E-state index in [-0.39, 0.29) is 23.2 Å². The number of sulfonamides is 1. The molecule has 6 nitrogen and oxygen atoms in total. The molecule has 0 spiro atoms. The Morgan fingerprint density at radius 2 is 2.21 bits per heavy atom. The Bertz CT molecular complexity index is 579. The van der Waals surface area contributed by atoms with Crippen LogP contribution in [0, 0.1) is 0 Å². The number of ether oxygens (including phenoxy) is 1. The van der Waals surface area contributed by atoms with Gasteiger partial charge in [0, 0.05) is 17.7 Å². The second-order valence-electron chi connectivity index (χ2n) is 3.51. The number of rotatable bonds is 5. The average Bonchev–Trinajstić information content (AvgIpc) is 2.32. The number of carbonyl (C=O) groups excluding carboxylic acids is 1. The Morgan fingerprint density at radius 1 is 1.58 bits per heavy atom. The Labute approximate surface area is 124 Å². The molecular formula is C10H12BrClN2O4S. The third kappa shape index (κ3) is 4.13. The molecule has 0 saturated carbocycles. The van der Waals surface area contributed by atoms with E-state index in [1.165, 1.54) is 19.3 Å². The van der Waals surface area contributed by atoms with Crippen LogP contribution in [0.4, 0.5) is 0 Å².